The van der Waals surface area contributed by atoms with Crippen molar-refractivity contribution in [3.63, 3.8) is 0 Å². The van der Waals surface area contributed by atoms with Gasteiger partial charge in [-0.05, 0) is 58.0 Å². The lowest BCUT2D eigenvalue weighted by molar-refractivity contribution is 0.400. The molecule has 5 heteroatoms. The van der Waals surface area contributed by atoms with Gasteiger partial charge in [0.15, 0.2) is 0 Å². The molecule has 2 rings (SSSR count). The molecule has 0 aliphatic carbocycles. The number of aromatic nitrogens is 1. The summed E-state index contributed by atoms with van der Waals surface area (Å²) in [6, 6.07) is 6.04. The van der Waals surface area contributed by atoms with Gasteiger partial charge in [-0.3, -0.25) is 4.98 Å². The highest BCUT2D eigenvalue weighted by molar-refractivity contribution is 9.11. The second-order valence-electron chi connectivity index (χ2n) is 4.16. The Hall–Kier alpha value is -0.910. The van der Waals surface area contributed by atoms with Crippen LogP contribution < -0.4 is 10.1 Å². The molecule has 19 heavy (non-hydrogen) atoms. The van der Waals surface area contributed by atoms with Gasteiger partial charge in [-0.25, -0.2) is 0 Å². The van der Waals surface area contributed by atoms with Gasteiger partial charge in [0.05, 0.1) is 16.9 Å². The summed E-state index contributed by atoms with van der Waals surface area (Å²) in [6.45, 7) is 3.10. The first-order valence-electron chi connectivity index (χ1n) is 6.22. The van der Waals surface area contributed by atoms with E-state index in [-0.39, 0.29) is 6.04 Å². The van der Waals surface area contributed by atoms with Crippen LogP contribution in [0.2, 0.25) is 0 Å². The van der Waals surface area contributed by atoms with Gasteiger partial charge in [-0.1, -0.05) is 6.92 Å². The summed E-state index contributed by atoms with van der Waals surface area (Å²) in [6.07, 6.45) is 2.89. The average molecular weight is 341 g/mol. The molecule has 0 fully saturated rings. The third kappa shape index (κ3) is 3.55. The molecular formula is C14H17BrN2OS. The number of halogens is 1. The van der Waals surface area contributed by atoms with Crippen molar-refractivity contribution in [2.45, 2.75) is 19.4 Å². The van der Waals surface area contributed by atoms with Crippen LogP contribution in [0.1, 0.15) is 30.6 Å². The largest absolute Gasteiger partial charge is 0.495 e. The first kappa shape index (κ1) is 14.5. The number of nitrogens with zero attached hydrogens (tertiary/aromatic N) is 1. The predicted octanol–water partition coefficient (Wildman–Crippen LogP) is 4.00. The molecule has 102 valence electrons. The van der Waals surface area contributed by atoms with Gasteiger partial charge in [-0.15, -0.1) is 11.3 Å². The Kier molecular flexibility index (Phi) is 5.36. The van der Waals surface area contributed by atoms with Crippen molar-refractivity contribution in [1.82, 2.24) is 10.3 Å². The number of hydrogen-bond acceptors (Lipinski definition) is 4. The lowest BCUT2D eigenvalue weighted by Gasteiger charge is -2.19. The first-order chi connectivity index (χ1) is 9.26. The molecule has 1 unspecified atom stereocenters. The quantitative estimate of drug-likeness (QED) is 0.862. The Morgan fingerprint density at radius 1 is 1.53 bits per heavy atom. The molecular weight excluding hydrogens is 324 g/mol. The fourth-order valence-corrected chi connectivity index (χ4v) is 3.13. The molecule has 1 atom stereocenters. The molecule has 2 aromatic rings. The Morgan fingerprint density at radius 2 is 2.37 bits per heavy atom. The zero-order valence-corrected chi connectivity index (χ0v) is 13.4. The SMILES string of the molecule is CCCNC(c1csc(Br)c1)c1ncccc1OC. The van der Waals surface area contributed by atoms with Crippen LogP contribution in [0.5, 0.6) is 5.75 Å². The minimum Gasteiger partial charge on any atom is -0.495 e. The highest BCUT2D eigenvalue weighted by atomic mass is 79.9. The second kappa shape index (κ2) is 7.03. The van der Waals surface area contributed by atoms with E-state index in [2.05, 4.69) is 44.6 Å². The maximum absolute atomic E-state index is 5.42. The van der Waals surface area contributed by atoms with E-state index in [0.717, 1.165) is 28.2 Å². The maximum atomic E-state index is 5.42. The van der Waals surface area contributed by atoms with E-state index >= 15 is 0 Å². The Balaban J connectivity index is 2.36. The lowest BCUT2D eigenvalue weighted by atomic mass is 10.1. The molecule has 0 aromatic carbocycles. The molecule has 0 saturated carbocycles. The average Bonchev–Trinajstić information content (AvgIpc) is 2.86. The molecule has 2 aromatic heterocycles. The normalized spacial score (nSPS) is 12.4. The smallest absolute Gasteiger partial charge is 0.142 e. The van der Waals surface area contributed by atoms with Gasteiger partial charge in [0.2, 0.25) is 0 Å². The Labute approximate surface area is 126 Å². The number of hydrogen-bond donors (Lipinski definition) is 1. The minimum atomic E-state index is 0.0682. The molecule has 1 N–H and O–H groups in total. The van der Waals surface area contributed by atoms with Gasteiger partial charge in [0.25, 0.3) is 0 Å². The van der Waals surface area contributed by atoms with Gasteiger partial charge < -0.3 is 10.1 Å². The second-order valence-corrected chi connectivity index (χ2v) is 6.45. The number of pyridine rings is 1. The van der Waals surface area contributed by atoms with E-state index in [1.54, 1.807) is 24.6 Å². The van der Waals surface area contributed by atoms with Crippen LogP contribution in [-0.2, 0) is 0 Å². The van der Waals surface area contributed by atoms with Crippen LogP contribution in [0.25, 0.3) is 0 Å². The Morgan fingerprint density at radius 3 is 3.00 bits per heavy atom. The fourth-order valence-electron chi connectivity index (χ4n) is 1.93. The van der Waals surface area contributed by atoms with Crippen molar-refractivity contribution in [2.24, 2.45) is 0 Å². The standard InChI is InChI=1S/C14H17BrN2OS/c1-3-6-16-13(10-8-12(15)19-9-10)14-11(18-2)5-4-7-17-14/h4-5,7-9,13,16H,3,6H2,1-2H3. The number of nitrogens with one attached hydrogen (secondary N) is 1. The maximum Gasteiger partial charge on any atom is 0.142 e. The fraction of sp³-hybridized carbons (Fsp3) is 0.357. The van der Waals surface area contributed by atoms with Crippen molar-refractivity contribution in [1.29, 1.82) is 0 Å². The molecule has 0 spiro atoms. The molecule has 0 bridgehead atoms. The number of ether oxygens (including phenoxy) is 1. The summed E-state index contributed by atoms with van der Waals surface area (Å²) >= 11 is 5.20. The summed E-state index contributed by atoms with van der Waals surface area (Å²) < 4.78 is 6.55. The van der Waals surface area contributed by atoms with E-state index in [0.29, 0.717) is 0 Å². The van der Waals surface area contributed by atoms with Crippen LogP contribution in [0.3, 0.4) is 0 Å². The third-order valence-electron chi connectivity index (χ3n) is 2.81. The summed E-state index contributed by atoms with van der Waals surface area (Å²) in [5.41, 5.74) is 2.14. The van der Waals surface area contributed by atoms with E-state index in [1.807, 2.05) is 12.1 Å². The van der Waals surface area contributed by atoms with Gasteiger partial charge in [0, 0.05) is 6.20 Å². The van der Waals surface area contributed by atoms with Crippen LogP contribution in [0.15, 0.2) is 33.6 Å². The van der Waals surface area contributed by atoms with Gasteiger partial charge in [-0.2, -0.15) is 0 Å². The van der Waals surface area contributed by atoms with Crippen LogP contribution >= 0.6 is 27.3 Å². The summed E-state index contributed by atoms with van der Waals surface area (Å²) in [5.74, 6) is 0.818. The van der Waals surface area contributed by atoms with Gasteiger partial charge in [0.1, 0.15) is 11.4 Å². The summed E-state index contributed by atoms with van der Waals surface area (Å²) in [4.78, 5) is 4.49. The Bertz CT molecular complexity index is 530. The highest BCUT2D eigenvalue weighted by Gasteiger charge is 2.19. The van der Waals surface area contributed by atoms with E-state index in [1.165, 1.54) is 5.56 Å². The van der Waals surface area contributed by atoms with E-state index in [9.17, 15) is 0 Å². The third-order valence-corrected chi connectivity index (χ3v) is 4.34. The predicted molar refractivity (Wildman–Crippen MR) is 82.9 cm³/mol. The van der Waals surface area contributed by atoms with Gasteiger partial charge >= 0.3 is 0 Å². The van der Waals surface area contributed by atoms with Crippen molar-refractivity contribution in [3.8, 4) is 5.75 Å². The van der Waals surface area contributed by atoms with Crippen molar-refractivity contribution in [2.75, 3.05) is 13.7 Å². The molecule has 2 heterocycles. The topological polar surface area (TPSA) is 34.2 Å². The summed E-state index contributed by atoms with van der Waals surface area (Å²) in [5, 5.41) is 5.68. The first-order valence-corrected chi connectivity index (χ1v) is 7.89. The lowest BCUT2D eigenvalue weighted by Crippen LogP contribution is -2.24. The van der Waals surface area contributed by atoms with Crippen LogP contribution in [0, 0.1) is 0 Å². The zero-order valence-electron chi connectivity index (χ0n) is 11.0. The number of methoxy groups -OCH3 is 1. The molecule has 0 saturated heterocycles. The highest BCUT2D eigenvalue weighted by Crippen LogP contribution is 2.32. The summed E-state index contributed by atoms with van der Waals surface area (Å²) in [7, 11) is 1.68. The van der Waals surface area contributed by atoms with Crippen LogP contribution in [-0.4, -0.2) is 18.6 Å². The minimum absolute atomic E-state index is 0.0682. The molecule has 3 nitrogen and oxygen atoms in total. The van der Waals surface area contributed by atoms with E-state index in [4.69, 9.17) is 4.74 Å². The number of rotatable bonds is 6. The van der Waals surface area contributed by atoms with Crippen molar-refractivity contribution < 1.29 is 4.74 Å². The monoisotopic (exact) mass is 340 g/mol. The number of thiophene rings is 1. The van der Waals surface area contributed by atoms with Crippen molar-refractivity contribution >= 4 is 27.3 Å². The molecule has 0 radical (unpaired) electrons. The molecule has 0 aliphatic rings. The van der Waals surface area contributed by atoms with E-state index < -0.39 is 0 Å². The molecule has 0 aliphatic heterocycles. The zero-order chi connectivity index (χ0) is 13.7. The van der Waals surface area contributed by atoms with Crippen LogP contribution in [0.4, 0.5) is 0 Å². The van der Waals surface area contributed by atoms with Crippen molar-refractivity contribution in [3.05, 3.63) is 44.8 Å². The molecule has 0 amide bonds.